The van der Waals surface area contributed by atoms with Crippen LogP contribution < -0.4 is 14.8 Å². The number of hydrogen-bond acceptors (Lipinski definition) is 9. The van der Waals surface area contributed by atoms with E-state index in [0.29, 0.717) is 5.69 Å². The standard InChI is InChI=1S/C25H25N7O3/c1-27-15-18(16-9-5-4-6-10-16)22(26)24(33)23(19-13-17-11-7-8-12-32(17)31-19)28-20-14-21(34-2)30-25(29-20)35-3/h4-15,18,23,26H,1-3H3,(H,28,29,30). The van der Waals surface area contributed by atoms with E-state index in [2.05, 4.69) is 25.4 Å². The fourth-order valence-corrected chi connectivity index (χ4v) is 3.64. The van der Waals surface area contributed by atoms with Gasteiger partial charge in [-0.2, -0.15) is 15.1 Å². The lowest BCUT2D eigenvalue weighted by molar-refractivity contribution is -0.114. The molecule has 0 saturated carbocycles. The molecule has 1 aromatic carbocycles. The van der Waals surface area contributed by atoms with Gasteiger partial charge in [0, 0.05) is 25.5 Å². The predicted molar refractivity (Wildman–Crippen MR) is 133 cm³/mol. The lowest BCUT2D eigenvalue weighted by atomic mass is 9.89. The van der Waals surface area contributed by atoms with Gasteiger partial charge in [0.1, 0.15) is 11.9 Å². The molecular formula is C25H25N7O3. The van der Waals surface area contributed by atoms with E-state index < -0.39 is 17.7 Å². The SMILES string of the molecule is CN=CC(C(=N)C(=O)C(Nc1cc(OC)nc(OC)n1)c1cc2ccccn2n1)c1ccccc1. The van der Waals surface area contributed by atoms with E-state index in [1.54, 1.807) is 36.1 Å². The molecule has 178 valence electrons. The zero-order valence-electron chi connectivity index (χ0n) is 19.5. The zero-order chi connectivity index (χ0) is 24.8. The molecule has 0 saturated heterocycles. The highest BCUT2D eigenvalue weighted by Gasteiger charge is 2.31. The van der Waals surface area contributed by atoms with Gasteiger partial charge >= 0.3 is 6.01 Å². The van der Waals surface area contributed by atoms with Gasteiger partial charge in [-0.15, -0.1) is 0 Å². The number of aliphatic imine (C=N–C) groups is 1. The number of methoxy groups -OCH3 is 2. The molecule has 0 spiro atoms. The van der Waals surface area contributed by atoms with Gasteiger partial charge in [0.15, 0.2) is 0 Å². The number of carbonyl (C=O) groups excluding carboxylic acids is 1. The van der Waals surface area contributed by atoms with Crippen LogP contribution in [-0.4, -0.2) is 58.6 Å². The number of anilines is 1. The van der Waals surface area contributed by atoms with Crippen molar-refractivity contribution >= 4 is 29.0 Å². The number of nitrogens with zero attached hydrogens (tertiary/aromatic N) is 5. The number of carbonyl (C=O) groups is 1. The van der Waals surface area contributed by atoms with Crippen molar-refractivity contribution < 1.29 is 14.3 Å². The molecule has 3 heterocycles. The molecule has 3 aromatic heterocycles. The summed E-state index contributed by atoms with van der Waals surface area (Å²) < 4.78 is 12.1. The highest BCUT2D eigenvalue weighted by atomic mass is 16.5. The van der Waals surface area contributed by atoms with Gasteiger partial charge in [0.05, 0.1) is 37.1 Å². The monoisotopic (exact) mass is 471 g/mol. The van der Waals surface area contributed by atoms with Gasteiger partial charge in [-0.25, -0.2) is 4.52 Å². The van der Waals surface area contributed by atoms with Crippen molar-refractivity contribution in [3.8, 4) is 11.9 Å². The van der Waals surface area contributed by atoms with Crippen LogP contribution in [0, 0.1) is 5.41 Å². The van der Waals surface area contributed by atoms with Crippen molar-refractivity contribution in [2.45, 2.75) is 12.0 Å². The summed E-state index contributed by atoms with van der Waals surface area (Å²) in [6.07, 6.45) is 3.38. The van der Waals surface area contributed by atoms with E-state index in [0.717, 1.165) is 11.1 Å². The minimum Gasteiger partial charge on any atom is -0.481 e. The highest BCUT2D eigenvalue weighted by Crippen LogP contribution is 2.26. The van der Waals surface area contributed by atoms with Gasteiger partial charge in [-0.1, -0.05) is 36.4 Å². The second kappa shape index (κ2) is 10.6. The molecular weight excluding hydrogens is 446 g/mol. The smallest absolute Gasteiger partial charge is 0.321 e. The van der Waals surface area contributed by atoms with Gasteiger partial charge < -0.3 is 20.2 Å². The number of nitrogens with one attached hydrogen (secondary N) is 2. The van der Waals surface area contributed by atoms with Crippen LogP contribution in [0.15, 0.2) is 71.9 Å². The lowest BCUT2D eigenvalue weighted by Gasteiger charge is -2.20. The number of aromatic nitrogens is 4. The number of ketones is 1. The largest absolute Gasteiger partial charge is 0.481 e. The maximum Gasteiger partial charge on any atom is 0.321 e. The fourth-order valence-electron chi connectivity index (χ4n) is 3.64. The number of ether oxygens (including phenoxy) is 2. The van der Waals surface area contributed by atoms with Crippen LogP contribution in [0.4, 0.5) is 5.82 Å². The molecule has 4 aromatic rings. The highest BCUT2D eigenvalue weighted by molar-refractivity contribution is 6.45. The van der Waals surface area contributed by atoms with Crippen molar-refractivity contribution in [2.75, 3.05) is 26.6 Å². The number of hydrogen-bond donors (Lipinski definition) is 2. The Labute approximate surface area is 202 Å². The van der Waals surface area contributed by atoms with Crippen LogP contribution in [0.2, 0.25) is 0 Å². The van der Waals surface area contributed by atoms with Crippen molar-refractivity contribution in [3.05, 3.63) is 78.1 Å². The lowest BCUT2D eigenvalue weighted by Crippen LogP contribution is -2.32. The predicted octanol–water partition coefficient (Wildman–Crippen LogP) is 3.37. The summed E-state index contributed by atoms with van der Waals surface area (Å²) in [7, 11) is 4.53. The third-order valence-corrected chi connectivity index (χ3v) is 5.35. The van der Waals surface area contributed by atoms with Crippen LogP contribution in [0.1, 0.15) is 23.2 Å². The Kier molecular flexibility index (Phi) is 7.10. The average Bonchev–Trinajstić information content (AvgIpc) is 3.34. The Morgan fingerprint density at radius 3 is 2.54 bits per heavy atom. The molecule has 35 heavy (non-hydrogen) atoms. The molecule has 10 nitrogen and oxygen atoms in total. The maximum atomic E-state index is 13.8. The summed E-state index contributed by atoms with van der Waals surface area (Å²) in [5, 5.41) is 16.5. The first kappa shape index (κ1) is 23.6. The Bertz CT molecular complexity index is 1310. The van der Waals surface area contributed by atoms with E-state index in [1.807, 2.05) is 48.5 Å². The van der Waals surface area contributed by atoms with Crippen LogP contribution in [-0.2, 0) is 4.79 Å². The Hall–Kier alpha value is -4.60. The summed E-state index contributed by atoms with van der Waals surface area (Å²) in [4.78, 5) is 26.3. The number of rotatable bonds is 10. The molecule has 0 aliphatic carbocycles. The van der Waals surface area contributed by atoms with Gasteiger partial charge in [0.2, 0.25) is 11.7 Å². The molecule has 10 heteroatoms. The van der Waals surface area contributed by atoms with Crippen molar-refractivity contribution in [1.29, 1.82) is 5.41 Å². The number of pyridine rings is 1. The minimum absolute atomic E-state index is 0.0726. The van der Waals surface area contributed by atoms with Gasteiger partial charge in [0.25, 0.3) is 0 Å². The van der Waals surface area contributed by atoms with E-state index in [-0.39, 0.29) is 23.4 Å². The minimum atomic E-state index is -1.01. The third kappa shape index (κ3) is 5.16. The normalized spacial score (nSPS) is 12.9. The molecule has 2 unspecified atom stereocenters. The molecule has 2 N–H and O–H groups in total. The second-order valence-electron chi connectivity index (χ2n) is 7.57. The van der Waals surface area contributed by atoms with Gasteiger partial charge in [-0.3, -0.25) is 9.79 Å². The maximum absolute atomic E-state index is 13.8. The zero-order valence-corrected chi connectivity index (χ0v) is 19.5. The first-order valence-electron chi connectivity index (χ1n) is 10.8. The first-order valence-corrected chi connectivity index (χ1v) is 10.8. The molecule has 2 atom stereocenters. The Balaban J connectivity index is 1.76. The van der Waals surface area contributed by atoms with E-state index in [4.69, 9.17) is 14.9 Å². The fraction of sp³-hybridized carbons (Fsp3) is 0.200. The summed E-state index contributed by atoms with van der Waals surface area (Å²) in [6, 6.07) is 17.4. The van der Waals surface area contributed by atoms with E-state index >= 15 is 0 Å². The number of fused-ring (bicyclic) bond motifs is 1. The van der Waals surface area contributed by atoms with Crippen molar-refractivity contribution in [2.24, 2.45) is 4.99 Å². The first-order chi connectivity index (χ1) is 17.0. The molecule has 0 bridgehead atoms. The van der Waals surface area contributed by atoms with E-state index in [9.17, 15) is 4.79 Å². The van der Waals surface area contributed by atoms with Crippen LogP contribution in [0.5, 0.6) is 11.9 Å². The van der Waals surface area contributed by atoms with Crippen molar-refractivity contribution in [3.63, 3.8) is 0 Å². The van der Waals surface area contributed by atoms with Crippen LogP contribution in [0.25, 0.3) is 5.52 Å². The topological polar surface area (TPSA) is 127 Å². The quantitative estimate of drug-likeness (QED) is 0.340. The summed E-state index contributed by atoms with van der Waals surface area (Å²) in [5.41, 5.74) is 1.89. The molecule has 0 aliphatic rings. The Morgan fingerprint density at radius 1 is 1.09 bits per heavy atom. The average molecular weight is 472 g/mol. The number of Topliss-reactive ketones (excluding diaryl/α,β-unsaturated/α-hetero) is 1. The molecule has 0 amide bonds. The summed E-state index contributed by atoms with van der Waals surface area (Å²) >= 11 is 0. The summed E-state index contributed by atoms with van der Waals surface area (Å²) in [5.74, 6) is -0.545. The molecule has 0 aliphatic heterocycles. The second-order valence-corrected chi connectivity index (χ2v) is 7.57. The van der Waals surface area contributed by atoms with Crippen LogP contribution in [0.3, 0.4) is 0 Å². The summed E-state index contributed by atoms with van der Waals surface area (Å²) in [6.45, 7) is 0. The van der Waals surface area contributed by atoms with Gasteiger partial charge in [-0.05, 0) is 23.8 Å². The molecule has 0 fully saturated rings. The molecule has 0 radical (unpaired) electrons. The number of benzene rings is 1. The van der Waals surface area contributed by atoms with Crippen molar-refractivity contribution in [1.82, 2.24) is 19.6 Å². The Morgan fingerprint density at radius 2 is 1.86 bits per heavy atom. The molecule has 4 rings (SSSR count). The van der Waals surface area contributed by atoms with E-state index in [1.165, 1.54) is 14.2 Å². The van der Waals surface area contributed by atoms with Crippen LogP contribution >= 0.6 is 0 Å². The third-order valence-electron chi connectivity index (χ3n) is 5.35.